The van der Waals surface area contributed by atoms with Gasteiger partial charge in [-0.3, -0.25) is 4.79 Å². The van der Waals surface area contributed by atoms with Gasteiger partial charge >= 0.3 is 0 Å². The molecule has 2 unspecified atom stereocenters. The highest BCUT2D eigenvalue weighted by molar-refractivity contribution is 5.82. The van der Waals surface area contributed by atoms with Crippen LogP contribution < -0.4 is 5.32 Å². The van der Waals surface area contributed by atoms with Crippen LogP contribution in [0, 0.1) is 11.8 Å². The molecule has 0 aromatic heterocycles. The maximum absolute atomic E-state index is 12.8. The molecule has 1 saturated heterocycles. The molecule has 0 aromatic carbocycles. The van der Waals surface area contributed by atoms with Gasteiger partial charge in [-0.1, -0.05) is 27.2 Å². The van der Waals surface area contributed by atoms with Gasteiger partial charge in [0.25, 0.3) is 0 Å². The van der Waals surface area contributed by atoms with E-state index in [0.29, 0.717) is 17.7 Å². The molecule has 0 aromatic rings. The lowest BCUT2D eigenvalue weighted by molar-refractivity contribution is -0.135. The van der Waals surface area contributed by atoms with E-state index >= 15 is 0 Å². The van der Waals surface area contributed by atoms with Gasteiger partial charge in [0.1, 0.15) is 0 Å². The first-order chi connectivity index (χ1) is 9.43. The third kappa shape index (κ3) is 5.80. The van der Waals surface area contributed by atoms with Gasteiger partial charge in [0.2, 0.25) is 5.91 Å². The Kier molecular flexibility index (Phi) is 7.52. The Morgan fingerprint density at radius 1 is 1.30 bits per heavy atom. The summed E-state index contributed by atoms with van der Waals surface area (Å²) in [7, 11) is 4.12. The van der Waals surface area contributed by atoms with Gasteiger partial charge in [-0.25, -0.2) is 0 Å². The molecular weight excluding hydrogens is 250 g/mol. The van der Waals surface area contributed by atoms with Gasteiger partial charge in [0.15, 0.2) is 0 Å². The summed E-state index contributed by atoms with van der Waals surface area (Å²) in [6, 6.07) is 0.0367. The van der Waals surface area contributed by atoms with Gasteiger partial charge in [0, 0.05) is 19.6 Å². The molecule has 1 aliphatic heterocycles. The van der Waals surface area contributed by atoms with Crippen molar-refractivity contribution in [2.75, 3.05) is 40.3 Å². The lowest BCUT2D eigenvalue weighted by Crippen LogP contribution is -2.52. The Labute approximate surface area is 124 Å². The van der Waals surface area contributed by atoms with Crippen molar-refractivity contribution >= 4 is 5.91 Å². The standard InChI is InChI=1S/C16H33N3O/c1-6-14-7-8-17-15(11-14)16(20)19(12-13(2)3)10-9-18(4)5/h13-15,17H,6-12H2,1-5H3. The number of nitrogens with zero attached hydrogens (tertiary/aromatic N) is 2. The van der Waals surface area contributed by atoms with Crippen molar-refractivity contribution in [2.24, 2.45) is 11.8 Å². The molecule has 0 spiro atoms. The Balaban J connectivity index is 2.60. The van der Waals surface area contributed by atoms with Crippen LogP contribution in [0.1, 0.15) is 40.0 Å². The summed E-state index contributed by atoms with van der Waals surface area (Å²) in [4.78, 5) is 17.0. The van der Waals surface area contributed by atoms with Crippen molar-refractivity contribution in [3.8, 4) is 0 Å². The third-order valence-electron chi connectivity index (χ3n) is 4.10. The molecule has 0 saturated carbocycles. The van der Waals surface area contributed by atoms with Crippen LogP contribution in [0.15, 0.2) is 0 Å². The number of piperidine rings is 1. The molecular formula is C16H33N3O. The van der Waals surface area contributed by atoms with Gasteiger partial charge in [-0.05, 0) is 45.3 Å². The molecule has 1 amide bonds. The molecule has 4 heteroatoms. The highest BCUT2D eigenvalue weighted by Crippen LogP contribution is 2.20. The van der Waals surface area contributed by atoms with Crippen molar-refractivity contribution in [1.82, 2.24) is 15.1 Å². The summed E-state index contributed by atoms with van der Waals surface area (Å²) < 4.78 is 0. The number of hydrogen-bond donors (Lipinski definition) is 1. The second-order valence-corrected chi connectivity index (χ2v) is 6.79. The minimum Gasteiger partial charge on any atom is -0.340 e. The van der Waals surface area contributed by atoms with Crippen LogP contribution in [0.3, 0.4) is 0 Å². The number of carbonyl (C=O) groups excluding carboxylic acids is 1. The van der Waals surface area contributed by atoms with E-state index in [4.69, 9.17) is 0 Å². The second kappa shape index (κ2) is 8.63. The van der Waals surface area contributed by atoms with Crippen LogP contribution in [0.25, 0.3) is 0 Å². The van der Waals surface area contributed by atoms with Crippen LogP contribution in [0.2, 0.25) is 0 Å². The first-order valence-corrected chi connectivity index (χ1v) is 8.10. The van der Waals surface area contributed by atoms with Gasteiger partial charge < -0.3 is 15.1 Å². The lowest BCUT2D eigenvalue weighted by atomic mass is 9.90. The molecule has 1 fully saturated rings. The van der Waals surface area contributed by atoms with Gasteiger partial charge in [0.05, 0.1) is 6.04 Å². The summed E-state index contributed by atoms with van der Waals surface area (Å²) in [5, 5.41) is 3.42. The minimum atomic E-state index is 0.0367. The Morgan fingerprint density at radius 2 is 2.00 bits per heavy atom. The molecule has 0 aliphatic carbocycles. The average molecular weight is 283 g/mol. The molecule has 20 heavy (non-hydrogen) atoms. The first-order valence-electron chi connectivity index (χ1n) is 8.10. The molecule has 1 N–H and O–H groups in total. The normalized spacial score (nSPS) is 23.4. The van der Waals surface area contributed by atoms with E-state index in [-0.39, 0.29) is 6.04 Å². The lowest BCUT2D eigenvalue weighted by Gasteiger charge is -2.34. The molecule has 1 rings (SSSR count). The summed E-state index contributed by atoms with van der Waals surface area (Å²) >= 11 is 0. The first kappa shape index (κ1) is 17.4. The molecule has 0 radical (unpaired) electrons. The molecule has 2 atom stereocenters. The Morgan fingerprint density at radius 3 is 2.55 bits per heavy atom. The predicted molar refractivity (Wildman–Crippen MR) is 84.8 cm³/mol. The molecule has 1 heterocycles. The Hall–Kier alpha value is -0.610. The average Bonchev–Trinajstić information content (AvgIpc) is 2.42. The summed E-state index contributed by atoms with van der Waals surface area (Å²) in [6.07, 6.45) is 3.40. The zero-order valence-electron chi connectivity index (χ0n) is 14.0. The summed E-state index contributed by atoms with van der Waals surface area (Å²) in [5.74, 6) is 1.53. The van der Waals surface area contributed by atoms with E-state index in [1.54, 1.807) is 0 Å². The monoisotopic (exact) mass is 283 g/mol. The molecule has 1 aliphatic rings. The van der Waals surface area contributed by atoms with Crippen molar-refractivity contribution in [1.29, 1.82) is 0 Å². The van der Waals surface area contributed by atoms with Crippen LogP contribution in [-0.4, -0.2) is 62.0 Å². The van der Waals surface area contributed by atoms with E-state index in [1.807, 2.05) is 0 Å². The maximum atomic E-state index is 12.8. The smallest absolute Gasteiger partial charge is 0.239 e. The van der Waals surface area contributed by atoms with Crippen LogP contribution in [0.5, 0.6) is 0 Å². The van der Waals surface area contributed by atoms with Crippen LogP contribution in [0.4, 0.5) is 0 Å². The van der Waals surface area contributed by atoms with E-state index in [1.165, 1.54) is 12.8 Å². The number of nitrogens with one attached hydrogen (secondary N) is 1. The van der Waals surface area contributed by atoms with Crippen molar-refractivity contribution in [3.63, 3.8) is 0 Å². The highest BCUT2D eigenvalue weighted by Gasteiger charge is 2.29. The number of carbonyl (C=O) groups is 1. The zero-order chi connectivity index (χ0) is 15.1. The fraction of sp³-hybridized carbons (Fsp3) is 0.938. The number of hydrogen-bond acceptors (Lipinski definition) is 3. The minimum absolute atomic E-state index is 0.0367. The van der Waals surface area contributed by atoms with Crippen LogP contribution in [-0.2, 0) is 4.79 Å². The van der Waals surface area contributed by atoms with E-state index in [9.17, 15) is 4.79 Å². The number of amides is 1. The topological polar surface area (TPSA) is 35.6 Å². The quantitative estimate of drug-likeness (QED) is 0.774. The molecule has 0 bridgehead atoms. The summed E-state index contributed by atoms with van der Waals surface area (Å²) in [5.41, 5.74) is 0. The molecule has 4 nitrogen and oxygen atoms in total. The van der Waals surface area contributed by atoms with Crippen LogP contribution >= 0.6 is 0 Å². The largest absolute Gasteiger partial charge is 0.340 e. The predicted octanol–water partition coefficient (Wildman–Crippen LogP) is 1.81. The maximum Gasteiger partial charge on any atom is 0.239 e. The third-order valence-corrected chi connectivity index (χ3v) is 4.10. The summed E-state index contributed by atoms with van der Waals surface area (Å²) in [6.45, 7) is 10.2. The van der Waals surface area contributed by atoms with Crippen molar-refractivity contribution in [2.45, 2.75) is 46.1 Å². The fourth-order valence-electron chi connectivity index (χ4n) is 2.83. The van der Waals surface area contributed by atoms with Crippen molar-refractivity contribution in [3.05, 3.63) is 0 Å². The SMILES string of the molecule is CCC1CCNC(C(=O)N(CCN(C)C)CC(C)C)C1. The van der Waals surface area contributed by atoms with E-state index in [2.05, 4.69) is 50.0 Å². The van der Waals surface area contributed by atoms with Gasteiger partial charge in [-0.2, -0.15) is 0 Å². The second-order valence-electron chi connectivity index (χ2n) is 6.79. The number of likely N-dealkylation sites (N-methyl/N-ethyl adjacent to an activating group) is 1. The fourth-order valence-corrected chi connectivity index (χ4v) is 2.83. The highest BCUT2D eigenvalue weighted by atomic mass is 16.2. The van der Waals surface area contributed by atoms with Crippen molar-refractivity contribution < 1.29 is 4.79 Å². The molecule has 118 valence electrons. The van der Waals surface area contributed by atoms with E-state index in [0.717, 1.165) is 32.6 Å². The number of rotatable bonds is 7. The Bertz CT molecular complexity index is 291. The van der Waals surface area contributed by atoms with Gasteiger partial charge in [-0.15, -0.1) is 0 Å². The zero-order valence-corrected chi connectivity index (χ0v) is 14.0. The van der Waals surface area contributed by atoms with E-state index < -0.39 is 0 Å².